The first-order valence-corrected chi connectivity index (χ1v) is 6.60. The van der Waals surface area contributed by atoms with Gasteiger partial charge in [-0.05, 0) is 18.2 Å². The summed E-state index contributed by atoms with van der Waals surface area (Å²) in [4.78, 5) is 25.9. The minimum atomic E-state index is -4.66. The predicted octanol–water partition coefficient (Wildman–Crippen LogP) is 2.66. The lowest BCUT2D eigenvalue weighted by atomic mass is 10.1. The molecule has 0 aliphatic heterocycles. The summed E-state index contributed by atoms with van der Waals surface area (Å²) >= 11 is 0. The number of benzene rings is 1. The number of anilines is 1. The van der Waals surface area contributed by atoms with Gasteiger partial charge in [0.1, 0.15) is 5.69 Å². The van der Waals surface area contributed by atoms with Gasteiger partial charge in [0.15, 0.2) is 11.5 Å². The van der Waals surface area contributed by atoms with Crippen LogP contribution in [0.5, 0.6) is 11.5 Å². The van der Waals surface area contributed by atoms with Crippen LogP contribution >= 0.6 is 0 Å². The molecule has 0 aliphatic carbocycles. The van der Waals surface area contributed by atoms with Gasteiger partial charge in [0.2, 0.25) is 0 Å². The van der Waals surface area contributed by atoms with Crippen molar-refractivity contribution in [3.05, 3.63) is 51.9 Å². The minimum absolute atomic E-state index is 0.00802. The number of ether oxygens (including phenoxy) is 2. The first-order chi connectivity index (χ1) is 11.3. The Balaban J connectivity index is 2.39. The number of pyridine rings is 1. The molecule has 2 N–H and O–H groups in total. The van der Waals surface area contributed by atoms with E-state index in [1.807, 2.05) is 4.98 Å². The van der Waals surface area contributed by atoms with Gasteiger partial charge in [-0.25, -0.2) is 0 Å². The van der Waals surface area contributed by atoms with E-state index in [-0.39, 0.29) is 17.1 Å². The van der Waals surface area contributed by atoms with Crippen molar-refractivity contribution in [2.24, 2.45) is 0 Å². The summed E-state index contributed by atoms with van der Waals surface area (Å²) in [5, 5.41) is 2.15. The number of aromatic nitrogens is 1. The monoisotopic (exact) mass is 342 g/mol. The first kappa shape index (κ1) is 17.4. The molecule has 0 aliphatic rings. The summed E-state index contributed by atoms with van der Waals surface area (Å²) in [6.07, 6.45) is -4.12. The molecule has 1 amide bonds. The summed E-state index contributed by atoms with van der Waals surface area (Å²) in [6.45, 7) is 0. The second kappa shape index (κ2) is 6.65. The van der Waals surface area contributed by atoms with E-state index >= 15 is 0 Å². The van der Waals surface area contributed by atoms with Crippen LogP contribution < -0.4 is 20.3 Å². The maximum atomic E-state index is 12.7. The van der Waals surface area contributed by atoms with Crippen molar-refractivity contribution in [1.29, 1.82) is 0 Å². The van der Waals surface area contributed by atoms with E-state index in [1.165, 1.54) is 26.4 Å². The maximum Gasteiger partial charge on any atom is 0.417 e. The Labute approximate surface area is 134 Å². The molecule has 0 radical (unpaired) electrons. The Kier molecular flexibility index (Phi) is 4.82. The molecule has 0 bridgehead atoms. The van der Waals surface area contributed by atoms with Crippen LogP contribution in [0, 0.1) is 0 Å². The third kappa shape index (κ3) is 3.50. The maximum absolute atomic E-state index is 12.7. The average Bonchev–Trinajstić information content (AvgIpc) is 2.54. The number of carbonyl (C=O) groups is 1. The van der Waals surface area contributed by atoms with Crippen molar-refractivity contribution >= 4 is 11.6 Å². The highest BCUT2D eigenvalue weighted by atomic mass is 19.4. The van der Waals surface area contributed by atoms with E-state index in [0.717, 1.165) is 0 Å². The van der Waals surface area contributed by atoms with E-state index in [0.29, 0.717) is 12.3 Å². The molecule has 0 saturated heterocycles. The Morgan fingerprint density at radius 2 is 1.92 bits per heavy atom. The number of hydrogen-bond donors (Lipinski definition) is 2. The molecule has 1 aromatic heterocycles. The molecule has 2 aromatic rings. The molecule has 2 rings (SSSR count). The van der Waals surface area contributed by atoms with Gasteiger partial charge in [-0.15, -0.1) is 0 Å². The van der Waals surface area contributed by atoms with E-state index in [9.17, 15) is 22.8 Å². The summed E-state index contributed by atoms with van der Waals surface area (Å²) in [6, 6.07) is 5.00. The zero-order valence-electron chi connectivity index (χ0n) is 12.7. The Morgan fingerprint density at radius 3 is 2.50 bits per heavy atom. The number of para-hydroxylation sites is 1. The van der Waals surface area contributed by atoms with Crippen LogP contribution in [0.2, 0.25) is 0 Å². The number of halogens is 3. The van der Waals surface area contributed by atoms with Crippen molar-refractivity contribution in [3.8, 4) is 11.5 Å². The molecule has 0 spiro atoms. The number of aromatic amines is 1. The number of hydrogen-bond acceptors (Lipinski definition) is 4. The van der Waals surface area contributed by atoms with Crippen LogP contribution in [-0.2, 0) is 6.18 Å². The summed E-state index contributed by atoms with van der Waals surface area (Å²) in [7, 11) is 2.68. The predicted molar refractivity (Wildman–Crippen MR) is 79.6 cm³/mol. The zero-order valence-corrected chi connectivity index (χ0v) is 12.7. The summed E-state index contributed by atoms with van der Waals surface area (Å²) in [5.74, 6) is -0.445. The number of nitrogens with one attached hydrogen (secondary N) is 2. The SMILES string of the molecule is COc1cccc(C(=O)Nc2cc(C(F)(F)F)c[nH]c2=O)c1OC. The number of alkyl halides is 3. The third-order valence-corrected chi connectivity index (χ3v) is 3.13. The topological polar surface area (TPSA) is 80.4 Å². The average molecular weight is 342 g/mol. The molecule has 9 heteroatoms. The van der Waals surface area contributed by atoms with E-state index in [4.69, 9.17) is 9.47 Å². The lowest BCUT2D eigenvalue weighted by Gasteiger charge is -2.13. The molecule has 0 unspecified atom stereocenters. The van der Waals surface area contributed by atoms with Crippen molar-refractivity contribution in [2.75, 3.05) is 19.5 Å². The molecule has 1 aromatic carbocycles. The number of amides is 1. The highest BCUT2D eigenvalue weighted by Crippen LogP contribution is 2.32. The standard InChI is InChI=1S/C15H13F3N2O4/c1-23-11-5-3-4-9(12(11)24-2)13(21)20-10-6-8(15(16,17)18)7-19-14(10)22/h3-7H,1-2H3,(H,19,22)(H,20,21). The third-order valence-electron chi connectivity index (χ3n) is 3.13. The normalized spacial score (nSPS) is 11.0. The second-order valence-electron chi connectivity index (χ2n) is 4.62. The molecular weight excluding hydrogens is 329 g/mol. The number of carbonyl (C=O) groups excluding carboxylic acids is 1. The smallest absolute Gasteiger partial charge is 0.417 e. The van der Waals surface area contributed by atoms with Gasteiger partial charge in [-0.3, -0.25) is 9.59 Å². The molecule has 128 valence electrons. The number of H-pyrrole nitrogens is 1. The van der Waals surface area contributed by atoms with Crippen LogP contribution in [0.4, 0.5) is 18.9 Å². The Morgan fingerprint density at radius 1 is 1.21 bits per heavy atom. The highest BCUT2D eigenvalue weighted by molar-refractivity contribution is 6.06. The van der Waals surface area contributed by atoms with Gasteiger partial charge in [0.25, 0.3) is 11.5 Å². The van der Waals surface area contributed by atoms with Crippen molar-refractivity contribution < 1.29 is 27.4 Å². The molecule has 24 heavy (non-hydrogen) atoms. The largest absolute Gasteiger partial charge is 0.493 e. The second-order valence-corrected chi connectivity index (χ2v) is 4.62. The summed E-state index contributed by atoms with van der Waals surface area (Å²) < 4.78 is 48.2. The fourth-order valence-electron chi connectivity index (χ4n) is 2.00. The van der Waals surface area contributed by atoms with Crippen LogP contribution in [0.15, 0.2) is 35.3 Å². The molecule has 6 nitrogen and oxygen atoms in total. The first-order valence-electron chi connectivity index (χ1n) is 6.60. The molecule has 0 atom stereocenters. The van der Waals surface area contributed by atoms with Crippen molar-refractivity contribution in [2.45, 2.75) is 6.18 Å². The van der Waals surface area contributed by atoms with Gasteiger partial charge in [0.05, 0.1) is 25.3 Å². The fraction of sp³-hybridized carbons (Fsp3) is 0.200. The van der Waals surface area contributed by atoms with Crippen molar-refractivity contribution in [3.63, 3.8) is 0 Å². The summed E-state index contributed by atoms with van der Waals surface area (Å²) in [5.41, 5.74) is -2.47. The van der Waals surface area contributed by atoms with Gasteiger partial charge in [0, 0.05) is 6.20 Å². The van der Waals surface area contributed by atoms with Gasteiger partial charge in [-0.2, -0.15) is 13.2 Å². The lowest BCUT2D eigenvalue weighted by Crippen LogP contribution is -2.22. The molecule has 0 fully saturated rings. The van der Waals surface area contributed by atoms with Gasteiger partial charge >= 0.3 is 6.18 Å². The van der Waals surface area contributed by atoms with Crippen LogP contribution in [0.1, 0.15) is 15.9 Å². The fourth-order valence-corrected chi connectivity index (χ4v) is 2.00. The Bertz CT molecular complexity index is 815. The molecule has 0 saturated carbocycles. The van der Waals surface area contributed by atoms with E-state index < -0.39 is 28.9 Å². The lowest BCUT2D eigenvalue weighted by molar-refractivity contribution is -0.137. The van der Waals surface area contributed by atoms with Crippen molar-refractivity contribution in [1.82, 2.24) is 4.98 Å². The zero-order chi connectivity index (χ0) is 17.9. The minimum Gasteiger partial charge on any atom is -0.493 e. The quantitative estimate of drug-likeness (QED) is 0.895. The van der Waals surface area contributed by atoms with Crippen LogP contribution in [0.25, 0.3) is 0 Å². The Hall–Kier alpha value is -2.97. The van der Waals surface area contributed by atoms with Crippen LogP contribution in [-0.4, -0.2) is 25.1 Å². The molecule has 1 heterocycles. The molecular formula is C15H13F3N2O4. The number of rotatable bonds is 4. The highest BCUT2D eigenvalue weighted by Gasteiger charge is 2.31. The van der Waals surface area contributed by atoms with Gasteiger partial charge < -0.3 is 19.8 Å². The van der Waals surface area contributed by atoms with Gasteiger partial charge in [-0.1, -0.05) is 6.07 Å². The van der Waals surface area contributed by atoms with Crippen LogP contribution in [0.3, 0.4) is 0 Å². The van der Waals surface area contributed by atoms with E-state index in [2.05, 4.69) is 5.32 Å². The number of methoxy groups -OCH3 is 2. The van der Waals surface area contributed by atoms with E-state index in [1.54, 1.807) is 6.07 Å².